The molecule has 0 bridgehead atoms. The second-order valence-corrected chi connectivity index (χ2v) is 4.78. The van der Waals surface area contributed by atoms with Gasteiger partial charge in [-0.05, 0) is 28.1 Å². The summed E-state index contributed by atoms with van der Waals surface area (Å²) in [7, 11) is 0. The van der Waals surface area contributed by atoms with E-state index in [0.717, 1.165) is 8.62 Å². The monoisotopic (exact) mass is 279 g/mol. The van der Waals surface area contributed by atoms with Gasteiger partial charge in [0.25, 0.3) is 0 Å². The van der Waals surface area contributed by atoms with E-state index in [4.69, 9.17) is 0 Å². The molecular formula is C8H4BrF2NOS. The van der Waals surface area contributed by atoms with Gasteiger partial charge in [0.05, 0.1) is 10.2 Å². The van der Waals surface area contributed by atoms with E-state index in [-0.39, 0.29) is 5.75 Å². The summed E-state index contributed by atoms with van der Waals surface area (Å²) in [5.41, 5.74) is 0.653. The van der Waals surface area contributed by atoms with E-state index in [0.29, 0.717) is 5.52 Å². The lowest BCUT2D eigenvalue weighted by Crippen LogP contribution is -2.01. The molecule has 0 N–H and O–H groups in total. The van der Waals surface area contributed by atoms with Gasteiger partial charge in [-0.3, -0.25) is 0 Å². The molecule has 2 rings (SSSR count). The van der Waals surface area contributed by atoms with Crippen molar-refractivity contribution < 1.29 is 13.5 Å². The fraction of sp³-hybridized carbons (Fsp3) is 0.125. The van der Waals surface area contributed by atoms with Crippen LogP contribution in [0.4, 0.5) is 8.78 Å². The molecule has 0 radical (unpaired) electrons. The molecule has 74 valence electrons. The van der Waals surface area contributed by atoms with Crippen molar-refractivity contribution in [2.45, 2.75) is 6.61 Å². The van der Waals surface area contributed by atoms with Crippen LogP contribution in [0, 0.1) is 0 Å². The van der Waals surface area contributed by atoms with E-state index in [9.17, 15) is 8.78 Å². The van der Waals surface area contributed by atoms with Crippen molar-refractivity contribution >= 4 is 37.5 Å². The second-order valence-electron chi connectivity index (χ2n) is 2.47. The molecule has 0 atom stereocenters. The molecule has 0 saturated heterocycles. The van der Waals surface area contributed by atoms with Crippen LogP contribution in [0.5, 0.6) is 5.75 Å². The predicted octanol–water partition coefficient (Wildman–Crippen LogP) is 3.66. The molecule has 1 aromatic carbocycles. The topological polar surface area (TPSA) is 22.1 Å². The Bertz CT molecular complexity index is 460. The van der Waals surface area contributed by atoms with E-state index in [1.807, 2.05) is 0 Å². The molecule has 1 aromatic heterocycles. The maximum atomic E-state index is 11.9. The van der Waals surface area contributed by atoms with Crippen LogP contribution >= 0.6 is 27.3 Å². The highest BCUT2D eigenvalue weighted by molar-refractivity contribution is 9.11. The molecule has 0 saturated carbocycles. The number of ether oxygens (including phenoxy) is 1. The van der Waals surface area contributed by atoms with Gasteiger partial charge < -0.3 is 4.74 Å². The van der Waals surface area contributed by atoms with Crippen LogP contribution in [0.1, 0.15) is 0 Å². The first-order valence-corrected chi connectivity index (χ1v) is 5.27. The van der Waals surface area contributed by atoms with Crippen LogP contribution in [0.25, 0.3) is 10.2 Å². The SMILES string of the molecule is FC(F)Oc1ccc2sc(Br)nc2c1. The first-order valence-electron chi connectivity index (χ1n) is 3.66. The van der Waals surface area contributed by atoms with Gasteiger partial charge in [-0.15, -0.1) is 11.3 Å². The molecule has 0 aliphatic carbocycles. The zero-order valence-corrected chi connectivity index (χ0v) is 9.11. The lowest BCUT2D eigenvalue weighted by molar-refractivity contribution is -0.0497. The van der Waals surface area contributed by atoms with Gasteiger partial charge in [0.2, 0.25) is 0 Å². The third-order valence-corrected chi connectivity index (χ3v) is 3.05. The third-order valence-electron chi connectivity index (χ3n) is 1.56. The summed E-state index contributed by atoms with van der Waals surface area (Å²) in [5.74, 6) is 0.130. The molecule has 0 fully saturated rings. The van der Waals surface area contributed by atoms with Gasteiger partial charge in [0.15, 0.2) is 3.92 Å². The van der Waals surface area contributed by atoms with E-state index < -0.39 is 6.61 Å². The average Bonchev–Trinajstić information content (AvgIpc) is 2.42. The standard InChI is InChI=1S/C8H4BrF2NOS/c9-7-12-5-3-4(13-8(10)11)1-2-6(5)14-7/h1-3,8H. The zero-order chi connectivity index (χ0) is 10.1. The number of alkyl halides is 2. The Kier molecular flexibility index (Phi) is 2.64. The smallest absolute Gasteiger partial charge is 0.387 e. The number of fused-ring (bicyclic) bond motifs is 1. The molecule has 1 heterocycles. The van der Waals surface area contributed by atoms with E-state index in [1.54, 1.807) is 6.07 Å². The number of hydrogen-bond acceptors (Lipinski definition) is 3. The molecule has 14 heavy (non-hydrogen) atoms. The van der Waals surface area contributed by atoms with Gasteiger partial charge in [0, 0.05) is 6.07 Å². The molecule has 0 aliphatic heterocycles. The molecule has 0 unspecified atom stereocenters. The molecule has 6 heteroatoms. The van der Waals surface area contributed by atoms with Crippen molar-refractivity contribution in [2.24, 2.45) is 0 Å². The quantitative estimate of drug-likeness (QED) is 0.837. The van der Waals surface area contributed by atoms with Gasteiger partial charge >= 0.3 is 6.61 Å². The highest BCUT2D eigenvalue weighted by atomic mass is 79.9. The van der Waals surface area contributed by atoms with Crippen LogP contribution in [0.2, 0.25) is 0 Å². The molecular weight excluding hydrogens is 276 g/mol. The van der Waals surface area contributed by atoms with E-state index in [1.165, 1.54) is 23.5 Å². The summed E-state index contributed by atoms with van der Waals surface area (Å²) < 4.78 is 29.7. The van der Waals surface area contributed by atoms with Crippen LogP contribution in [0.3, 0.4) is 0 Å². The van der Waals surface area contributed by atoms with Crippen molar-refractivity contribution in [3.8, 4) is 5.75 Å². The zero-order valence-electron chi connectivity index (χ0n) is 6.71. The summed E-state index contributed by atoms with van der Waals surface area (Å²) in [6, 6.07) is 4.69. The van der Waals surface area contributed by atoms with Crippen LogP contribution < -0.4 is 4.74 Å². The Labute approximate surface area is 90.7 Å². The fourth-order valence-electron chi connectivity index (χ4n) is 1.06. The van der Waals surface area contributed by atoms with Crippen molar-refractivity contribution in [2.75, 3.05) is 0 Å². The lowest BCUT2D eigenvalue weighted by atomic mass is 10.3. The van der Waals surface area contributed by atoms with Crippen LogP contribution in [-0.2, 0) is 0 Å². The largest absolute Gasteiger partial charge is 0.435 e. The molecule has 2 nitrogen and oxygen atoms in total. The first-order chi connectivity index (χ1) is 6.65. The summed E-state index contributed by atoms with van der Waals surface area (Å²) in [6.45, 7) is -2.80. The number of benzene rings is 1. The number of nitrogens with zero attached hydrogens (tertiary/aromatic N) is 1. The van der Waals surface area contributed by atoms with Gasteiger partial charge in [-0.2, -0.15) is 8.78 Å². The van der Waals surface area contributed by atoms with Gasteiger partial charge in [-0.1, -0.05) is 0 Å². The number of aromatic nitrogens is 1. The normalized spacial score (nSPS) is 11.1. The summed E-state index contributed by atoms with van der Waals surface area (Å²) >= 11 is 4.66. The molecule has 2 aromatic rings. The maximum absolute atomic E-state index is 11.9. The second kappa shape index (κ2) is 3.78. The van der Waals surface area contributed by atoms with Crippen LogP contribution in [0.15, 0.2) is 22.1 Å². The maximum Gasteiger partial charge on any atom is 0.387 e. The van der Waals surface area contributed by atoms with E-state index >= 15 is 0 Å². The fourth-order valence-corrected chi connectivity index (χ4v) is 2.44. The molecule has 0 aliphatic rings. The predicted molar refractivity (Wildman–Crippen MR) is 54.0 cm³/mol. The van der Waals surface area contributed by atoms with E-state index in [2.05, 4.69) is 25.7 Å². The number of rotatable bonds is 2. The Hall–Kier alpha value is -0.750. The Morgan fingerprint density at radius 3 is 2.93 bits per heavy atom. The van der Waals surface area contributed by atoms with Crippen molar-refractivity contribution in [1.29, 1.82) is 0 Å². The minimum atomic E-state index is -2.80. The summed E-state index contributed by atoms with van der Waals surface area (Å²) in [4.78, 5) is 4.09. The Morgan fingerprint density at radius 2 is 2.21 bits per heavy atom. The highest BCUT2D eigenvalue weighted by Crippen LogP contribution is 2.29. The average molecular weight is 280 g/mol. The first kappa shape index (κ1) is 9.79. The molecule has 0 spiro atoms. The summed E-state index contributed by atoms with van der Waals surface area (Å²) in [5, 5.41) is 0. The van der Waals surface area contributed by atoms with Gasteiger partial charge in [0.1, 0.15) is 5.75 Å². The Balaban J connectivity index is 2.40. The number of thiazole rings is 1. The van der Waals surface area contributed by atoms with Crippen LogP contribution in [-0.4, -0.2) is 11.6 Å². The molecule has 0 amide bonds. The highest BCUT2D eigenvalue weighted by Gasteiger charge is 2.07. The minimum Gasteiger partial charge on any atom is -0.435 e. The summed E-state index contributed by atoms with van der Waals surface area (Å²) in [6.07, 6.45) is 0. The number of hydrogen-bond donors (Lipinski definition) is 0. The Morgan fingerprint density at radius 1 is 1.43 bits per heavy atom. The van der Waals surface area contributed by atoms with Crippen molar-refractivity contribution in [3.63, 3.8) is 0 Å². The van der Waals surface area contributed by atoms with Crippen molar-refractivity contribution in [3.05, 3.63) is 22.1 Å². The minimum absolute atomic E-state index is 0.130. The lowest BCUT2D eigenvalue weighted by Gasteiger charge is -2.02. The van der Waals surface area contributed by atoms with Gasteiger partial charge in [-0.25, -0.2) is 4.98 Å². The van der Waals surface area contributed by atoms with Crippen molar-refractivity contribution in [1.82, 2.24) is 4.98 Å². The number of halogens is 3. The third kappa shape index (κ3) is 2.01.